The Bertz CT molecular complexity index is 802. The zero-order valence-electron chi connectivity index (χ0n) is 18.2. The van der Waals surface area contributed by atoms with Crippen molar-refractivity contribution in [2.75, 3.05) is 27.2 Å². The highest BCUT2D eigenvalue weighted by Crippen LogP contribution is 2.27. The second kappa shape index (κ2) is 10.4. The van der Waals surface area contributed by atoms with Crippen LogP contribution in [-0.4, -0.2) is 70.4 Å². The Morgan fingerprint density at radius 2 is 1.97 bits per heavy atom. The van der Waals surface area contributed by atoms with Crippen molar-refractivity contribution in [3.05, 3.63) is 54.6 Å². The smallest absolute Gasteiger partial charge is 0.245 e. The van der Waals surface area contributed by atoms with Gasteiger partial charge in [0, 0.05) is 38.1 Å². The molecule has 1 aromatic carbocycles. The number of rotatable bonds is 10. The van der Waals surface area contributed by atoms with Gasteiger partial charge >= 0.3 is 0 Å². The topological polar surface area (TPSA) is 70.5 Å². The molecule has 1 fully saturated rings. The normalized spacial score (nSPS) is 19.2. The van der Waals surface area contributed by atoms with Gasteiger partial charge in [-0.1, -0.05) is 37.3 Å². The van der Waals surface area contributed by atoms with Gasteiger partial charge in [-0.2, -0.15) is 0 Å². The molecule has 1 N–H and O–H groups in total. The molecule has 0 spiro atoms. The average molecular weight is 412 g/mol. The van der Waals surface area contributed by atoms with Crippen LogP contribution in [0.1, 0.15) is 37.8 Å². The summed E-state index contributed by atoms with van der Waals surface area (Å²) in [5, 5.41) is 3.11. The van der Waals surface area contributed by atoms with Crippen LogP contribution < -0.4 is 5.32 Å². The molecule has 2 aromatic rings. The molecule has 30 heavy (non-hydrogen) atoms. The van der Waals surface area contributed by atoms with Gasteiger partial charge in [0.05, 0.1) is 12.9 Å². The van der Waals surface area contributed by atoms with Crippen LogP contribution in [0.15, 0.2) is 49.1 Å². The fourth-order valence-corrected chi connectivity index (χ4v) is 3.97. The van der Waals surface area contributed by atoms with E-state index in [1.54, 1.807) is 12.5 Å². The van der Waals surface area contributed by atoms with E-state index in [9.17, 15) is 9.59 Å². The summed E-state index contributed by atoms with van der Waals surface area (Å²) in [7, 11) is 3.83. The minimum Gasteiger partial charge on any atom is -0.352 e. The lowest BCUT2D eigenvalue weighted by Crippen LogP contribution is -2.56. The van der Waals surface area contributed by atoms with Crippen LogP contribution >= 0.6 is 0 Å². The summed E-state index contributed by atoms with van der Waals surface area (Å²) >= 11 is 0. The van der Waals surface area contributed by atoms with Gasteiger partial charge < -0.3 is 14.8 Å². The van der Waals surface area contributed by atoms with Crippen LogP contribution in [0.25, 0.3) is 0 Å². The van der Waals surface area contributed by atoms with Crippen LogP contribution in [0.3, 0.4) is 0 Å². The molecule has 7 nitrogen and oxygen atoms in total. The third-order valence-corrected chi connectivity index (χ3v) is 5.97. The Morgan fingerprint density at radius 1 is 1.23 bits per heavy atom. The van der Waals surface area contributed by atoms with Crippen molar-refractivity contribution in [2.24, 2.45) is 0 Å². The minimum atomic E-state index is -0.218. The fraction of sp³-hybridized carbons (Fsp3) is 0.522. The SMILES string of the molecule is CCC(C(=O)N(C)C1CC(NC(=O)CN(C)CCc2ccccc2)C1)n1ccnc1. The maximum Gasteiger partial charge on any atom is 0.245 e. The standard InChI is InChI=1S/C23H33N5O2/c1-4-21(28-13-11-24-17-28)23(30)27(3)20-14-19(15-20)25-22(29)16-26(2)12-10-18-8-6-5-7-9-18/h5-9,11,13,17,19-21H,4,10,12,14-16H2,1-3H3,(H,25,29). The Morgan fingerprint density at radius 3 is 2.60 bits per heavy atom. The highest BCUT2D eigenvalue weighted by molar-refractivity contribution is 5.81. The van der Waals surface area contributed by atoms with Gasteiger partial charge in [-0.25, -0.2) is 4.98 Å². The molecule has 1 saturated carbocycles. The summed E-state index contributed by atoms with van der Waals surface area (Å²) in [5.74, 6) is 0.152. The van der Waals surface area contributed by atoms with Crippen LogP contribution in [-0.2, 0) is 16.0 Å². The Hall–Kier alpha value is -2.67. The molecule has 0 saturated heterocycles. The minimum absolute atomic E-state index is 0.0489. The molecule has 0 aliphatic heterocycles. The van der Waals surface area contributed by atoms with Crippen molar-refractivity contribution >= 4 is 11.8 Å². The van der Waals surface area contributed by atoms with Crippen molar-refractivity contribution < 1.29 is 9.59 Å². The van der Waals surface area contributed by atoms with Gasteiger partial charge in [-0.15, -0.1) is 0 Å². The molecule has 1 unspecified atom stereocenters. The van der Waals surface area contributed by atoms with Crippen LogP contribution in [0.4, 0.5) is 0 Å². The van der Waals surface area contributed by atoms with E-state index in [2.05, 4.69) is 22.4 Å². The van der Waals surface area contributed by atoms with Gasteiger partial charge in [0.1, 0.15) is 6.04 Å². The van der Waals surface area contributed by atoms with Crippen LogP contribution in [0, 0.1) is 0 Å². The summed E-state index contributed by atoms with van der Waals surface area (Å²) in [6.45, 7) is 3.24. The van der Waals surface area contributed by atoms with E-state index >= 15 is 0 Å². The highest BCUT2D eigenvalue weighted by Gasteiger charge is 2.37. The van der Waals surface area contributed by atoms with Gasteiger partial charge in [0.15, 0.2) is 0 Å². The number of imidazole rings is 1. The molecular formula is C23H33N5O2. The predicted octanol–water partition coefficient (Wildman–Crippen LogP) is 2.11. The predicted molar refractivity (Wildman–Crippen MR) is 117 cm³/mol. The fourth-order valence-electron chi connectivity index (χ4n) is 3.97. The number of aromatic nitrogens is 2. The summed E-state index contributed by atoms with van der Waals surface area (Å²) in [6, 6.07) is 10.4. The molecule has 7 heteroatoms. The van der Waals surface area contributed by atoms with Crippen LogP contribution in [0.2, 0.25) is 0 Å². The molecule has 3 rings (SSSR count). The first-order valence-electron chi connectivity index (χ1n) is 10.7. The number of hydrogen-bond donors (Lipinski definition) is 1. The van der Waals surface area contributed by atoms with E-state index in [-0.39, 0.29) is 29.9 Å². The van der Waals surface area contributed by atoms with E-state index in [0.29, 0.717) is 6.54 Å². The summed E-state index contributed by atoms with van der Waals surface area (Å²) in [5.41, 5.74) is 1.28. The lowest BCUT2D eigenvalue weighted by Gasteiger charge is -2.42. The highest BCUT2D eigenvalue weighted by atomic mass is 16.2. The van der Waals surface area contributed by atoms with E-state index in [0.717, 1.165) is 32.2 Å². The third-order valence-electron chi connectivity index (χ3n) is 5.97. The summed E-state index contributed by atoms with van der Waals surface area (Å²) in [6.07, 6.45) is 8.49. The quantitative estimate of drug-likeness (QED) is 0.650. The van der Waals surface area contributed by atoms with Gasteiger partial charge in [-0.05, 0) is 38.3 Å². The lowest BCUT2D eigenvalue weighted by atomic mass is 9.85. The number of benzene rings is 1. The molecular weight excluding hydrogens is 378 g/mol. The van der Waals surface area contributed by atoms with E-state index in [1.165, 1.54) is 5.56 Å². The molecule has 2 amide bonds. The number of carbonyl (C=O) groups is 2. The maximum atomic E-state index is 12.9. The number of nitrogens with one attached hydrogen (secondary N) is 1. The molecule has 1 aromatic heterocycles. The molecule has 0 bridgehead atoms. The Balaban J connectivity index is 1.37. The number of carbonyl (C=O) groups excluding carboxylic acids is 2. The van der Waals surface area contributed by atoms with Gasteiger partial charge in [0.2, 0.25) is 11.8 Å². The molecule has 1 aliphatic rings. The zero-order chi connectivity index (χ0) is 21.5. The molecule has 1 atom stereocenters. The average Bonchev–Trinajstić information content (AvgIpc) is 3.24. The number of likely N-dealkylation sites (N-methyl/N-ethyl adjacent to an activating group) is 2. The van der Waals surface area contributed by atoms with Crippen molar-refractivity contribution in [2.45, 2.75) is 50.7 Å². The van der Waals surface area contributed by atoms with E-state index < -0.39 is 0 Å². The monoisotopic (exact) mass is 411 g/mol. The molecule has 162 valence electrons. The zero-order valence-corrected chi connectivity index (χ0v) is 18.2. The first-order valence-corrected chi connectivity index (χ1v) is 10.7. The largest absolute Gasteiger partial charge is 0.352 e. The number of hydrogen-bond acceptors (Lipinski definition) is 4. The lowest BCUT2D eigenvalue weighted by molar-refractivity contribution is -0.138. The first-order chi connectivity index (χ1) is 14.5. The molecule has 0 radical (unpaired) electrons. The van der Waals surface area contributed by atoms with E-state index in [1.807, 2.05) is 59.8 Å². The third kappa shape index (κ3) is 5.69. The summed E-state index contributed by atoms with van der Waals surface area (Å²) < 4.78 is 1.86. The van der Waals surface area contributed by atoms with Gasteiger partial charge in [-0.3, -0.25) is 14.5 Å². The summed E-state index contributed by atoms with van der Waals surface area (Å²) in [4.78, 5) is 33.1. The molecule has 1 heterocycles. The molecule has 1 aliphatic carbocycles. The van der Waals surface area contributed by atoms with E-state index in [4.69, 9.17) is 0 Å². The van der Waals surface area contributed by atoms with Crippen LogP contribution in [0.5, 0.6) is 0 Å². The van der Waals surface area contributed by atoms with Gasteiger partial charge in [0.25, 0.3) is 0 Å². The maximum absolute atomic E-state index is 12.9. The Labute approximate surface area is 179 Å². The van der Waals surface area contributed by atoms with Crippen molar-refractivity contribution in [1.29, 1.82) is 0 Å². The second-order valence-corrected chi connectivity index (χ2v) is 8.25. The van der Waals surface area contributed by atoms with Crippen molar-refractivity contribution in [1.82, 2.24) is 24.7 Å². The number of nitrogens with zero attached hydrogens (tertiary/aromatic N) is 4. The number of amides is 2. The van der Waals surface area contributed by atoms with Crippen molar-refractivity contribution in [3.63, 3.8) is 0 Å². The first kappa shape index (κ1) is 22.0. The Kier molecular flexibility index (Phi) is 7.63. The second-order valence-electron chi connectivity index (χ2n) is 8.25. The van der Waals surface area contributed by atoms with Crippen molar-refractivity contribution in [3.8, 4) is 0 Å².